The summed E-state index contributed by atoms with van der Waals surface area (Å²) in [7, 11) is 0. The number of aromatic nitrogens is 2. The number of halogens is 2. The molecule has 1 amide bonds. The molecule has 3 aromatic rings. The normalized spacial score (nSPS) is 12.0. The van der Waals surface area contributed by atoms with Crippen molar-refractivity contribution in [3.63, 3.8) is 0 Å². The first-order chi connectivity index (χ1) is 12.5. The second kappa shape index (κ2) is 8.15. The van der Waals surface area contributed by atoms with Crippen LogP contribution in [0.1, 0.15) is 30.4 Å². The van der Waals surface area contributed by atoms with Crippen LogP contribution >= 0.6 is 11.6 Å². The molecule has 0 aliphatic rings. The first-order valence-corrected chi connectivity index (χ1v) is 8.71. The molecule has 2 aromatic carbocycles. The number of carbonyl (C=O) groups excluding carboxylic acids is 1. The van der Waals surface area contributed by atoms with Crippen molar-refractivity contribution in [2.45, 2.75) is 25.8 Å². The Hall–Kier alpha value is -2.66. The molecule has 0 saturated heterocycles. The van der Waals surface area contributed by atoms with E-state index in [0.29, 0.717) is 17.1 Å². The van der Waals surface area contributed by atoms with E-state index >= 15 is 0 Å². The molecule has 26 heavy (non-hydrogen) atoms. The zero-order chi connectivity index (χ0) is 18.5. The molecule has 3 rings (SSSR count). The monoisotopic (exact) mass is 371 g/mol. The summed E-state index contributed by atoms with van der Waals surface area (Å²) in [6.07, 6.45) is 3.78. The van der Waals surface area contributed by atoms with E-state index < -0.39 is 0 Å². The summed E-state index contributed by atoms with van der Waals surface area (Å²) in [4.78, 5) is 12.2. The van der Waals surface area contributed by atoms with Crippen LogP contribution in [0.2, 0.25) is 5.02 Å². The maximum atomic E-state index is 13.8. The van der Waals surface area contributed by atoms with Gasteiger partial charge in [0.15, 0.2) is 0 Å². The predicted molar refractivity (Wildman–Crippen MR) is 99.9 cm³/mol. The van der Waals surface area contributed by atoms with Gasteiger partial charge in [-0.15, -0.1) is 0 Å². The lowest BCUT2D eigenvalue weighted by Crippen LogP contribution is -2.24. The Balaban J connectivity index is 1.55. The van der Waals surface area contributed by atoms with Gasteiger partial charge in [-0.2, -0.15) is 5.10 Å². The molecule has 0 radical (unpaired) electrons. The quantitative estimate of drug-likeness (QED) is 0.694. The number of hydrogen-bond donors (Lipinski definition) is 1. The number of amides is 1. The SMILES string of the molecule is CC(CC(=O)NCc1cnn(-c2ccc(Cl)cc2)c1)c1ccccc1F. The molecule has 0 spiro atoms. The minimum Gasteiger partial charge on any atom is -0.352 e. The third-order valence-corrected chi connectivity index (χ3v) is 4.40. The number of nitrogens with zero attached hydrogens (tertiary/aromatic N) is 2. The number of hydrogen-bond acceptors (Lipinski definition) is 2. The summed E-state index contributed by atoms with van der Waals surface area (Å²) in [5.74, 6) is -0.593. The maximum Gasteiger partial charge on any atom is 0.220 e. The van der Waals surface area contributed by atoms with Gasteiger partial charge in [-0.1, -0.05) is 36.7 Å². The highest BCUT2D eigenvalue weighted by molar-refractivity contribution is 6.30. The van der Waals surface area contributed by atoms with Crippen LogP contribution in [-0.4, -0.2) is 15.7 Å². The van der Waals surface area contributed by atoms with Gasteiger partial charge in [-0.3, -0.25) is 4.79 Å². The van der Waals surface area contributed by atoms with E-state index in [1.807, 2.05) is 25.3 Å². The van der Waals surface area contributed by atoms with Crippen LogP contribution in [0.25, 0.3) is 5.69 Å². The van der Waals surface area contributed by atoms with Crippen LogP contribution in [0.3, 0.4) is 0 Å². The minimum atomic E-state index is -0.281. The van der Waals surface area contributed by atoms with Crippen LogP contribution in [-0.2, 0) is 11.3 Å². The van der Waals surface area contributed by atoms with Gasteiger partial charge in [-0.25, -0.2) is 9.07 Å². The lowest BCUT2D eigenvalue weighted by molar-refractivity contribution is -0.121. The van der Waals surface area contributed by atoms with Crippen LogP contribution in [0.15, 0.2) is 60.9 Å². The fourth-order valence-corrected chi connectivity index (χ4v) is 2.85. The van der Waals surface area contributed by atoms with Crippen molar-refractivity contribution in [3.8, 4) is 5.69 Å². The highest BCUT2D eigenvalue weighted by Crippen LogP contribution is 2.21. The Morgan fingerprint density at radius 1 is 1.23 bits per heavy atom. The first-order valence-electron chi connectivity index (χ1n) is 8.33. The number of carbonyl (C=O) groups is 1. The third-order valence-electron chi connectivity index (χ3n) is 4.14. The Morgan fingerprint density at radius 3 is 2.69 bits per heavy atom. The molecule has 6 heteroatoms. The summed E-state index contributed by atoms with van der Waals surface area (Å²) < 4.78 is 15.5. The van der Waals surface area contributed by atoms with Crippen LogP contribution < -0.4 is 5.32 Å². The van der Waals surface area contributed by atoms with Gasteiger partial charge in [0, 0.05) is 29.7 Å². The molecule has 1 N–H and O–H groups in total. The molecule has 1 unspecified atom stereocenters. The van der Waals surface area contributed by atoms with Gasteiger partial charge in [0.2, 0.25) is 5.91 Å². The summed E-state index contributed by atoms with van der Waals surface area (Å²) in [5, 5.41) is 7.81. The fraction of sp³-hybridized carbons (Fsp3) is 0.200. The Morgan fingerprint density at radius 2 is 1.96 bits per heavy atom. The van der Waals surface area contributed by atoms with Crippen molar-refractivity contribution in [2.24, 2.45) is 0 Å². The van der Waals surface area contributed by atoms with E-state index in [4.69, 9.17) is 11.6 Å². The van der Waals surface area contributed by atoms with E-state index in [-0.39, 0.29) is 24.1 Å². The summed E-state index contributed by atoms with van der Waals surface area (Å²) in [5.41, 5.74) is 2.32. The maximum absolute atomic E-state index is 13.8. The molecule has 0 aliphatic heterocycles. The van der Waals surface area contributed by atoms with E-state index in [1.54, 1.807) is 41.2 Å². The van der Waals surface area contributed by atoms with Gasteiger partial charge in [0.05, 0.1) is 11.9 Å². The fourth-order valence-electron chi connectivity index (χ4n) is 2.72. The Bertz CT molecular complexity index is 892. The molecule has 0 fully saturated rings. The zero-order valence-electron chi connectivity index (χ0n) is 14.3. The molecule has 4 nitrogen and oxygen atoms in total. The lowest BCUT2D eigenvalue weighted by Gasteiger charge is -2.12. The highest BCUT2D eigenvalue weighted by Gasteiger charge is 2.14. The number of rotatable bonds is 6. The minimum absolute atomic E-state index is 0.125. The van der Waals surface area contributed by atoms with Crippen molar-refractivity contribution in [1.82, 2.24) is 15.1 Å². The number of nitrogens with one attached hydrogen (secondary N) is 1. The van der Waals surface area contributed by atoms with Crippen molar-refractivity contribution in [2.75, 3.05) is 0 Å². The summed E-state index contributed by atoms with van der Waals surface area (Å²) in [6.45, 7) is 2.22. The average Bonchev–Trinajstić information content (AvgIpc) is 3.10. The van der Waals surface area contributed by atoms with Gasteiger partial charge < -0.3 is 5.32 Å². The second-order valence-electron chi connectivity index (χ2n) is 6.17. The van der Waals surface area contributed by atoms with Crippen molar-refractivity contribution in [1.29, 1.82) is 0 Å². The Kier molecular flexibility index (Phi) is 5.68. The summed E-state index contributed by atoms with van der Waals surface area (Å²) in [6, 6.07) is 13.9. The van der Waals surface area contributed by atoms with Crippen LogP contribution in [0.4, 0.5) is 4.39 Å². The van der Waals surface area contributed by atoms with Gasteiger partial charge in [-0.05, 0) is 41.8 Å². The standard InChI is InChI=1S/C20H19ClFN3O/c1-14(18-4-2-3-5-19(18)22)10-20(26)23-11-15-12-24-25(13-15)17-8-6-16(21)7-9-17/h2-9,12-14H,10-11H2,1H3,(H,23,26). The molecule has 1 atom stereocenters. The van der Waals surface area contributed by atoms with Crippen LogP contribution in [0, 0.1) is 5.82 Å². The molecule has 0 saturated carbocycles. The largest absolute Gasteiger partial charge is 0.352 e. The molecule has 0 bridgehead atoms. The lowest BCUT2D eigenvalue weighted by atomic mass is 9.97. The highest BCUT2D eigenvalue weighted by atomic mass is 35.5. The third kappa shape index (κ3) is 4.49. The van der Waals surface area contributed by atoms with Crippen LogP contribution in [0.5, 0.6) is 0 Å². The molecule has 1 aromatic heterocycles. The van der Waals surface area contributed by atoms with Crippen molar-refractivity contribution < 1.29 is 9.18 Å². The molecule has 1 heterocycles. The van der Waals surface area contributed by atoms with Crippen molar-refractivity contribution in [3.05, 3.63) is 82.9 Å². The zero-order valence-corrected chi connectivity index (χ0v) is 15.1. The number of benzene rings is 2. The molecule has 0 aliphatic carbocycles. The molecular formula is C20H19ClFN3O. The van der Waals surface area contributed by atoms with Crippen molar-refractivity contribution >= 4 is 17.5 Å². The second-order valence-corrected chi connectivity index (χ2v) is 6.61. The van der Waals surface area contributed by atoms with Gasteiger partial charge in [0.25, 0.3) is 0 Å². The summed E-state index contributed by atoms with van der Waals surface area (Å²) >= 11 is 5.88. The smallest absolute Gasteiger partial charge is 0.220 e. The van der Waals surface area contributed by atoms with E-state index in [1.165, 1.54) is 6.07 Å². The first kappa shape index (κ1) is 18.1. The van der Waals surface area contributed by atoms with E-state index in [9.17, 15) is 9.18 Å². The topological polar surface area (TPSA) is 46.9 Å². The van der Waals surface area contributed by atoms with E-state index in [2.05, 4.69) is 10.4 Å². The predicted octanol–water partition coefficient (Wildman–Crippen LogP) is 4.47. The van der Waals surface area contributed by atoms with Gasteiger partial charge in [0.1, 0.15) is 5.82 Å². The Labute approximate surface area is 156 Å². The van der Waals surface area contributed by atoms with Gasteiger partial charge >= 0.3 is 0 Å². The average molecular weight is 372 g/mol. The molecular weight excluding hydrogens is 353 g/mol. The molecule has 134 valence electrons. The van der Waals surface area contributed by atoms with E-state index in [0.717, 1.165) is 11.3 Å².